The van der Waals surface area contributed by atoms with Crippen molar-refractivity contribution in [2.75, 3.05) is 18.9 Å². The molecule has 13 heavy (non-hydrogen) atoms. The van der Waals surface area contributed by atoms with Crippen LogP contribution in [0, 0.1) is 0 Å². The van der Waals surface area contributed by atoms with E-state index in [1.54, 1.807) is 0 Å². The van der Waals surface area contributed by atoms with Crippen LogP contribution in [-0.2, 0) is 10.0 Å². The third-order valence-corrected chi connectivity index (χ3v) is 4.48. The maximum atomic E-state index is 11.6. The van der Waals surface area contributed by atoms with Gasteiger partial charge in [-0.15, -0.1) is 0 Å². The second kappa shape index (κ2) is 4.39. The van der Waals surface area contributed by atoms with Gasteiger partial charge in [0.2, 0.25) is 10.0 Å². The normalized spacial score (nSPS) is 25.7. The number of aliphatic hydroxyl groups excluding tert-OH is 1. The van der Waals surface area contributed by atoms with E-state index in [-0.39, 0.29) is 18.4 Å². The second-order valence-electron chi connectivity index (χ2n) is 3.38. The van der Waals surface area contributed by atoms with Gasteiger partial charge in [-0.3, -0.25) is 0 Å². The highest BCUT2D eigenvalue weighted by Gasteiger charge is 2.30. The molecule has 1 aliphatic heterocycles. The highest BCUT2D eigenvalue weighted by atomic mass is 32.2. The molecule has 0 aromatic carbocycles. The van der Waals surface area contributed by atoms with Gasteiger partial charge < -0.3 is 5.11 Å². The summed E-state index contributed by atoms with van der Waals surface area (Å²) in [4.78, 5) is 0. The highest BCUT2D eigenvalue weighted by Crippen LogP contribution is 2.18. The summed E-state index contributed by atoms with van der Waals surface area (Å²) in [6.45, 7) is 2.39. The first-order chi connectivity index (χ1) is 6.11. The minimum absolute atomic E-state index is 0.0737. The maximum absolute atomic E-state index is 11.6. The molecule has 0 aromatic rings. The average Bonchev–Trinajstić information content (AvgIpc) is 2.09. The molecule has 0 amide bonds. The van der Waals surface area contributed by atoms with Gasteiger partial charge in [-0.2, -0.15) is 4.31 Å². The molecule has 0 aliphatic carbocycles. The molecule has 0 saturated carbocycles. The van der Waals surface area contributed by atoms with Gasteiger partial charge in [0.15, 0.2) is 0 Å². The molecular formula is C8H17NO3S. The molecular weight excluding hydrogens is 190 g/mol. The fourth-order valence-corrected chi connectivity index (χ4v) is 3.52. The number of rotatable bonds is 3. The fourth-order valence-electron chi connectivity index (χ4n) is 1.64. The zero-order valence-corrected chi connectivity index (χ0v) is 8.76. The van der Waals surface area contributed by atoms with Crippen LogP contribution in [0.5, 0.6) is 0 Å². The molecule has 1 fully saturated rings. The summed E-state index contributed by atoms with van der Waals surface area (Å²) in [5.74, 6) is 0.240. The lowest BCUT2D eigenvalue weighted by Gasteiger charge is -2.31. The number of sulfonamides is 1. The van der Waals surface area contributed by atoms with Crippen LogP contribution in [-0.4, -0.2) is 42.8 Å². The van der Waals surface area contributed by atoms with Crippen molar-refractivity contribution in [3.8, 4) is 0 Å². The van der Waals surface area contributed by atoms with E-state index in [2.05, 4.69) is 0 Å². The van der Waals surface area contributed by atoms with Crippen LogP contribution in [0.4, 0.5) is 0 Å². The molecule has 1 N–H and O–H groups in total. The standard InChI is InChI=1S/C8H17NO3S/c1-2-8(7-10)9-5-3-4-6-13(9,11)12/h8,10H,2-7H2,1H3/t8-/m0/s1. The Morgan fingerprint density at radius 2 is 2.15 bits per heavy atom. The van der Waals surface area contributed by atoms with Gasteiger partial charge in [0.1, 0.15) is 0 Å². The Hall–Kier alpha value is -0.130. The lowest BCUT2D eigenvalue weighted by Crippen LogP contribution is -2.46. The first-order valence-electron chi connectivity index (χ1n) is 4.72. The van der Waals surface area contributed by atoms with E-state index in [1.165, 1.54) is 4.31 Å². The SMILES string of the molecule is CC[C@@H](CO)N1CCCCS1(=O)=O. The highest BCUT2D eigenvalue weighted by molar-refractivity contribution is 7.89. The Kier molecular flexibility index (Phi) is 3.70. The van der Waals surface area contributed by atoms with E-state index in [1.807, 2.05) is 6.92 Å². The molecule has 1 aliphatic rings. The summed E-state index contributed by atoms with van der Waals surface area (Å²) in [7, 11) is -3.07. The molecule has 78 valence electrons. The third kappa shape index (κ3) is 2.42. The molecule has 0 unspecified atom stereocenters. The van der Waals surface area contributed by atoms with E-state index in [0.717, 1.165) is 12.8 Å². The van der Waals surface area contributed by atoms with Crippen LogP contribution in [0.3, 0.4) is 0 Å². The van der Waals surface area contributed by atoms with Crippen molar-refractivity contribution < 1.29 is 13.5 Å². The van der Waals surface area contributed by atoms with Crippen molar-refractivity contribution >= 4 is 10.0 Å². The van der Waals surface area contributed by atoms with Crippen molar-refractivity contribution in [1.82, 2.24) is 4.31 Å². The van der Waals surface area contributed by atoms with Gasteiger partial charge in [0, 0.05) is 12.6 Å². The summed E-state index contributed by atoms with van der Waals surface area (Å²) in [5, 5.41) is 9.00. The smallest absolute Gasteiger partial charge is 0.214 e. The maximum Gasteiger partial charge on any atom is 0.214 e. The second-order valence-corrected chi connectivity index (χ2v) is 5.42. The van der Waals surface area contributed by atoms with Gasteiger partial charge in [0.05, 0.1) is 12.4 Å². The van der Waals surface area contributed by atoms with Gasteiger partial charge in [-0.25, -0.2) is 8.42 Å². The molecule has 4 nitrogen and oxygen atoms in total. The van der Waals surface area contributed by atoms with Crippen molar-refractivity contribution in [1.29, 1.82) is 0 Å². The number of hydrogen-bond acceptors (Lipinski definition) is 3. The Balaban J connectivity index is 2.75. The van der Waals surface area contributed by atoms with Crippen LogP contribution in [0.25, 0.3) is 0 Å². The summed E-state index contributed by atoms with van der Waals surface area (Å²) in [6.07, 6.45) is 2.34. The summed E-state index contributed by atoms with van der Waals surface area (Å²) in [5.41, 5.74) is 0. The zero-order chi connectivity index (χ0) is 9.90. The van der Waals surface area contributed by atoms with Crippen LogP contribution in [0.1, 0.15) is 26.2 Å². The molecule has 0 bridgehead atoms. The Morgan fingerprint density at radius 3 is 2.62 bits per heavy atom. The zero-order valence-electron chi connectivity index (χ0n) is 7.94. The van der Waals surface area contributed by atoms with Gasteiger partial charge >= 0.3 is 0 Å². The van der Waals surface area contributed by atoms with Crippen molar-refractivity contribution in [2.24, 2.45) is 0 Å². The number of nitrogens with zero attached hydrogens (tertiary/aromatic N) is 1. The molecule has 1 atom stereocenters. The molecule has 5 heteroatoms. The molecule has 0 spiro atoms. The van der Waals surface area contributed by atoms with Gasteiger partial charge in [-0.1, -0.05) is 6.92 Å². The lowest BCUT2D eigenvalue weighted by atomic mass is 10.2. The van der Waals surface area contributed by atoms with Crippen LogP contribution < -0.4 is 0 Å². The molecule has 0 aromatic heterocycles. The monoisotopic (exact) mass is 207 g/mol. The van der Waals surface area contributed by atoms with Crippen LogP contribution in [0.2, 0.25) is 0 Å². The summed E-state index contributed by atoms with van der Waals surface area (Å²) >= 11 is 0. The minimum Gasteiger partial charge on any atom is -0.395 e. The number of hydrogen-bond donors (Lipinski definition) is 1. The Bertz CT molecular complexity index is 246. The molecule has 1 heterocycles. The quantitative estimate of drug-likeness (QED) is 0.718. The van der Waals surface area contributed by atoms with E-state index in [4.69, 9.17) is 5.11 Å². The fraction of sp³-hybridized carbons (Fsp3) is 1.00. The summed E-state index contributed by atoms with van der Waals surface area (Å²) in [6, 6.07) is -0.217. The Labute approximate surface area is 79.6 Å². The van der Waals surface area contributed by atoms with E-state index < -0.39 is 10.0 Å². The van der Waals surface area contributed by atoms with Gasteiger partial charge in [-0.05, 0) is 19.3 Å². The third-order valence-electron chi connectivity index (χ3n) is 2.48. The van der Waals surface area contributed by atoms with Gasteiger partial charge in [0.25, 0.3) is 0 Å². The topological polar surface area (TPSA) is 57.6 Å². The predicted octanol–water partition coefficient (Wildman–Crippen LogP) is 0.183. The average molecular weight is 207 g/mol. The van der Waals surface area contributed by atoms with Crippen molar-refractivity contribution in [3.05, 3.63) is 0 Å². The lowest BCUT2D eigenvalue weighted by molar-refractivity contribution is 0.178. The summed E-state index contributed by atoms with van der Waals surface area (Å²) < 4.78 is 24.6. The first-order valence-corrected chi connectivity index (χ1v) is 6.33. The van der Waals surface area contributed by atoms with E-state index in [0.29, 0.717) is 13.0 Å². The van der Waals surface area contributed by atoms with Crippen LogP contribution in [0.15, 0.2) is 0 Å². The van der Waals surface area contributed by atoms with E-state index >= 15 is 0 Å². The molecule has 0 radical (unpaired) electrons. The van der Waals surface area contributed by atoms with Crippen molar-refractivity contribution in [2.45, 2.75) is 32.2 Å². The largest absolute Gasteiger partial charge is 0.395 e. The molecule has 1 rings (SSSR count). The van der Waals surface area contributed by atoms with E-state index in [9.17, 15) is 8.42 Å². The van der Waals surface area contributed by atoms with Crippen molar-refractivity contribution in [3.63, 3.8) is 0 Å². The predicted molar refractivity (Wildman–Crippen MR) is 50.9 cm³/mol. The molecule has 1 saturated heterocycles. The number of aliphatic hydroxyl groups is 1. The Morgan fingerprint density at radius 1 is 1.46 bits per heavy atom. The minimum atomic E-state index is -3.07. The van der Waals surface area contributed by atoms with Crippen LogP contribution >= 0.6 is 0 Å². The first kappa shape index (κ1) is 10.9.